The van der Waals surface area contributed by atoms with E-state index in [0.29, 0.717) is 23.9 Å². The van der Waals surface area contributed by atoms with Crippen LogP contribution in [-0.2, 0) is 9.59 Å². The van der Waals surface area contributed by atoms with E-state index in [9.17, 15) is 9.59 Å². The average Bonchev–Trinajstić information content (AvgIpc) is 3.48. The zero-order valence-corrected chi connectivity index (χ0v) is 20.2. The summed E-state index contributed by atoms with van der Waals surface area (Å²) in [5, 5.41) is 15.0. The predicted molar refractivity (Wildman–Crippen MR) is 130 cm³/mol. The smallest absolute Gasteiger partial charge is 0.231 e. The third-order valence-corrected chi connectivity index (χ3v) is 8.03. The van der Waals surface area contributed by atoms with Crippen molar-refractivity contribution in [2.24, 2.45) is 5.92 Å². The molecule has 1 aliphatic rings. The van der Waals surface area contributed by atoms with E-state index in [4.69, 9.17) is 0 Å². The summed E-state index contributed by atoms with van der Waals surface area (Å²) in [6, 6.07) is 11.5. The number of thiophene rings is 1. The number of benzene rings is 1. The number of amides is 2. The van der Waals surface area contributed by atoms with E-state index in [2.05, 4.69) is 29.4 Å². The Labute approximate surface area is 196 Å². The Balaban J connectivity index is 1.62. The molecule has 0 bridgehead atoms. The summed E-state index contributed by atoms with van der Waals surface area (Å²) in [5.41, 5.74) is 1.95. The predicted octanol–water partition coefficient (Wildman–Crippen LogP) is 5.93. The van der Waals surface area contributed by atoms with E-state index in [0.717, 1.165) is 34.0 Å². The van der Waals surface area contributed by atoms with Crippen molar-refractivity contribution in [2.75, 3.05) is 10.2 Å². The van der Waals surface area contributed by atoms with Gasteiger partial charge in [0.2, 0.25) is 16.9 Å². The number of carbonyl (C=O) groups excluding carboxylic acids is 2. The zero-order chi connectivity index (χ0) is 22.7. The maximum absolute atomic E-state index is 13.4. The minimum Gasteiger partial charge on any atom is -0.303 e. The second-order valence-corrected chi connectivity index (χ2v) is 10.1. The molecule has 8 heteroatoms. The lowest BCUT2D eigenvalue weighted by Gasteiger charge is -2.40. The normalized spacial score (nSPS) is 18.9. The lowest BCUT2D eigenvalue weighted by molar-refractivity contribution is -0.125. The number of rotatable bonds is 7. The summed E-state index contributed by atoms with van der Waals surface area (Å²) in [7, 11) is 0. The molecule has 1 N–H and O–H groups in total. The van der Waals surface area contributed by atoms with Crippen molar-refractivity contribution in [3.63, 3.8) is 0 Å². The molecule has 0 radical (unpaired) electrons. The lowest BCUT2D eigenvalue weighted by Crippen LogP contribution is -2.46. The quantitative estimate of drug-likeness (QED) is 0.466. The molecule has 0 saturated carbocycles. The highest BCUT2D eigenvalue weighted by atomic mass is 32.1. The summed E-state index contributed by atoms with van der Waals surface area (Å²) in [6.45, 7) is 6.29. The van der Waals surface area contributed by atoms with Gasteiger partial charge in [-0.25, -0.2) is 0 Å². The maximum atomic E-state index is 13.4. The fourth-order valence-corrected chi connectivity index (χ4v) is 6.14. The summed E-state index contributed by atoms with van der Waals surface area (Å²) in [5.74, 6) is -0.0713. The number of anilines is 2. The first-order valence-electron chi connectivity index (χ1n) is 11.1. The molecule has 1 saturated heterocycles. The van der Waals surface area contributed by atoms with Crippen LogP contribution in [0.4, 0.5) is 10.8 Å². The molecule has 2 unspecified atom stereocenters. The van der Waals surface area contributed by atoms with Crippen LogP contribution >= 0.6 is 22.7 Å². The number of hydrogen-bond donors (Lipinski definition) is 1. The van der Waals surface area contributed by atoms with E-state index in [1.54, 1.807) is 16.2 Å². The molecule has 1 aliphatic heterocycles. The van der Waals surface area contributed by atoms with Gasteiger partial charge in [0, 0.05) is 22.9 Å². The first-order valence-corrected chi connectivity index (χ1v) is 12.8. The fourth-order valence-electron chi connectivity index (χ4n) is 4.25. The summed E-state index contributed by atoms with van der Waals surface area (Å²) < 4.78 is 0. The molecule has 1 aromatic carbocycles. The van der Waals surface area contributed by atoms with Crippen LogP contribution in [0.1, 0.15) is 66.9 Å². The second-order valence-electron chi connectivity index (χ2n) is 8.15. The molecule has 2 atom stereocenters. The molecule has 32 heavy (non-hydrogen) atoms. The van der Waals surface area contributed by atoms with E-state index < -0.39 is 0 Å². The summed E-state index contributed by atoms with van der Waals surface area (Å²) in [6.07, 6.45) is 2.84. The number of nitrogens with zero attached hydrogens (tertiary/aromatic N) is 3. The van der Waals surface area contributed by atoms with Crippen molar-refractivity contribution in [3.05, 3.63) is 57.2 Å². The maximum Gasteiger partial charge on any atom is 0.231 e. The van der Waals surface area contributed by atoms with Gasteiger partial charge in [-0.1, -0.05) is 48.9 Å². The summed E-state index contributed by atoms with van der Waals surface area (Å²) in [4.78, 5) is 29.3. The SMILES string of the molecule is CCC(CC)c1nnc(NC(=O)C2CCC(=O)N(c3ccc(C)cc3)C2c2cccs2)s1. The monoisotopic (exact) mass is 468 g/mol. The van der Waals surface area contributed by atoms with Crippen molar-refractivity contribution >= 4 is 45.3 Å². The molecule has 6 nitrogen and oxygen atoms in total. The number of carbonyl (C=O) groups is 2. The second kappa shape index (κ2) is 9.92. The van der Waals surface area contributed by atoms with E-state index in [-0.39, 0.29) is 23.8 Å². The highest BCUT2D eigenvalue weighted by Gasteiger charge is 2.42. The molecule has 168 valence electrons. The van der Waals surface area contributed by atoms with Crippen LogP contribution in [0.25, 0.3) is 0 Å². The van der Waals surface area contributed by atoms with Gasteiger partial charge in [0.05, 0.1) is 12.0 Å². The molecule has 3 heterocycles. The lowest BCUT2D eigenvalue weighted by atomic mass is 9.86. The van der Waals surface area contributed by atoms with Gasteiger partial charge >= 0.3 is 0 Å². The van der Waals surface area contributed by atoms with E-state index in [1.807, 2.05) is 48.7 Å². The molecule has 2 aromatic heterocycles. The Morgan fingerprint density at radius 1 is 1.19 bits per heavy atom. The van der Waals surface area contributed by atoms with Crippen LogP contribution < -0.4 is 10.2 Å². The highest BCUT2D eigenvalue weighted by molar-refractivity contribution is 7.15. The molecular weight excluding hydrogens is 440 g/mol. The Morgan fingerprint density at radius 3 is 2.59 bits per heavy atom. The highest BCUT2D eigenvalue weighted by Crippen LogP contribution is 2.42. The topological polar surface area (TPSA) is 75.2 Å². The van der Waals surface area contributed by atoms with Crippen molar-refractivity contribution in [3.8, 4) is 0 Å². The standard InChI is InChI=1S/C24H28N4O2S2/c1-4-16(5-2)23-26-27-24(32-23)25-22(30)18-12-13-20(29)28(17-10-8-15(3)9-11-17)21(18)19-7-6-14-31-19/h6-11,14,16,18,21H,4-5,12-13H2,1-3H3,(H,25,27,30). The Hall–Kier alpha value is -2.58. The average molecular weight is 469 g/mol. The van der Waals surface area contributed by atoms with Crippen molar-refractivity contribution in [2.45, 2.75) is 58.4 Å². The van der Waals surface area contributed by atoms with Crippen molar-refractivity contribution in [1.29, 1.82) is 0 Å². The number of aromatic nitrogens is 2. The first-order chi connectivity index (χ1) is 15.5. The van der Waals surface area contributed by atoms with Crippen LogP contribution in [0.5, 0.6) is 0 Å². The van der Waals surface area contributed by atoms with Crippen LogP contribution in [0, 0.1) is 12.8 Å². The van der Waals surface area contributed by atoms with E-state index in [1.165, 1.54) is 11.3 Å². The van der Waals surface area contributed by atoms with Gasteiger partial charge < -0.3 is 10.2 Å². The summed E-state index contributed by atoms with van der Waals surface area (Å²) >= 11 is 3.02. The Kier molecular flexibility index (Phi) is 7.01. The number of aryl methyl sites for hydroxylation is 1. The number of nitrogens with one attached hydrogen (secondary N) is 1. The van der Waals surface area contributed by atoms with Crippen LogP contribution in [0.3, 0.4) is 0 Å². The van der Waals surface area contributed by atoms with Gasteiger partial charge in [-0.2, -0.15) is 0 Å². The van der Waals surface area contributed by atoms with Gasteiger partial charge in [-0.3, -0.25) is 9.59 Å². The third-order valence-electron chi connectivity index (χ3n) is 6.09. The number of piperidine rings is 1. The van der Waals surface area contributed by atoms with Gasteiger partial charge in [0.15, 0.2) is 0 Å². The molecule has 2 amide bonds. The van der Waals surface area contributed by atoms with E-state index >= 15 is 0 Å². The van der Waals surface area contributed by atoms with Gasteiger partial charge in [0.25, 0.3) is 0 Å². The van der Waals surface area contributed by atoms with Crippen molar-refractivity contribution < 1.29 is 9.59 Å². The molecule has 0 spiro atoms. The molecule has 3 aromatic rings. The number of hydrogen-bond acceptors (Lipinski definition) is 6. The van der Waals surface area contributed by atoms with Gasteiger partial charge in [-0.05, 0) is 49.8 Å². The van der Waals surface area contributed by atoms with Crippen LogP contribution in [0.2, 0.25) is 0 Å². The van der Waals surface area contributed by atoms with Crippen LogP contribution in [0.15, 0.2) is 41.8 Å². The Morgan fingerprint density at radius 2 is 1.94 bits per heavy atom. The van der Waals surface area contributed by atoms with Gasteiger partial charge in [0.1, 0.15) is 5.01 Å². The molecule has 4 rings (SSSR count). The third kappa shape index (κ3) is 4.61. The minimum atomic E-state index is -0.367. The first kappa shape index (κ1) is 22.6. The fraction of sp³-hybridized carbons (Fsp3) is 0.417. The van der Waals surface area contributed by atoms with Crippen LogP contribution in [-0.4, -0.2) is 22.0 Å². The molecule has 0 aliphatic carbocycles. The van der Waals surface area contributed by atoms with Crippen molar-refractivity contribution in [1.82, 2.24) is 10.2 Å². The largest absolute Gasteiger partial charge is 0.303 e. The van der Waals surface area contributed by atoms with Gasteiger partial charge in [-0.15, -0.1) is 21.5 Å². The molecular formula is C24H28N4O2S2. The Bertz CT molecular complexity index is 1060. The molecule has 1 fully saturated rings. The minimum absolute atomic E-state index is 0.0447. The zero-order valence-electron chi connectivity index (χ0n) is 18.6.